The van der Waals surface area contributed by atoms with Crippen molar-refractivity contribution in [1.82, 2.24) is 5.32 Å². The van der Waals surface area contributed by atoms with Gasteiger partial charge in [-0.15, -0.1) is 0 Å². The normalized spacial score (nSPS) is 18.4. The number of Topliss-reactive ketones (excluding diaryl/α,β-unsaturated/α-hetero) is 1. The fraction of sp³-hybridized carbons (Fsp3) is 0.467. The van der Waals surface area contributed by atoms with E-state index in [2.05, 4.69) is 10.6 Å². The molecule has 1 aliphatic rings. The summed E-state index contributed by atoms with van der Waals surface area (Å²) in [7, 11) is 0. The molecule has 1 atom stereocenters. The van der Waals surface area contributed by atoms with Gasteiger partial charge in [-0.05, 0) is 37.8 Å². The predicted octanol–water partition coefficient (Wildman–Crippen LogP) is 2.44. The molecule has 0 spiro atoms. The summed E-state index contributed by atoms with van der Waals surface area (Å²) < 4.78 is 5.37. The highest BCUT2D eigenvalue weighted by Crippen LogP contribution is 2.13. The molecule has 1 saturated heterocycles. The van der Waals surface area contributed by atoms with Gasteiger partial charge in [0.1, 0.15) is 0 Å². The summed E-state index contributed by atoms with van der Waals surface area (Å²) in [6.45, 7) is 3.64. The van der Waals surface area contributed by atoms with E-state index in [1.165, 1.54) is 6.92 Å². The summed E-state index contributed by atoms with van der Waals surface area (Å²) in [4.78, 5) is 23.1. The van der Waals surface area contributed by atoms with Gasteiger partial charge in [0.2, 0.25) is 0 Å². The van der Waals surface area contributed by atoms with Crippen molar-refractivity contribution in [2.24, 2.45) is 5.92 Å². The van der Waals surface area contributed by atoms with Gasteiger partial charge in [0.15, 0.2) is 5.78 Å². The number of ether oxygens (including phenoxy) is 1. The summed E-state index contributed by atoms with van der Waals surface area (Å²) in [6.07, 6.45) is 2.13. The highest BCUT2D eigenvalue weighted by atomic mass is 16.5. The molecule has 5 heteroatoms. The van der Waals surface area contributed by atoms with Gasteiger partial charge in [-0.1, -0.05) is 12.1 Å². The maximum Gasteiger partial charge on any atom is 0.319 e. The quantitative estimate of drug-likeness (QED) is 0.830. The van der Waals surface area contributed by atoms with E-state index in [0.717, 1.165) is 19.4 Å². The SMILES string of the molecule is CC(=O)c1cccc(NC(=O)NCC2CCCOC2)c1. The van der Waals surface area contributed by atoms with Crippen LogP contribution in [0.5, 0.6) is 0 Å². The fourth-order valence-electron chi connectivity index (χ4n) is 2.20. The van der Waals surface area contributed by atoms with Crippen LogP contribution >= 0.6 is 0 Å². The Morgan fingerprint density at radius 3 is 2.95 bits per heavy atom. The van der Waals surface area contributed by atoms with Crippen molar-refractivity contribution in [2.45, 2.75) is 19.8 Å². The van der Waals surface area contributed by atoms with Crippen LogP contribution in [0, 0.1) is 5.92 Å². The average molecular weight is 276 g/mol. The number of carbonyl (C=O) groups is 2. The van der Waals surface area contributed by atoms with Crippen molar-refractivity contribution in [3.05, 3.63) is 29.8 Å². The Morgan fingerprint density at radius 1 is 1.40 bits per heavy atom. The highest BCUT2D eigenvalue weighted by Gasteiger charge is 2.14. The maximum atomic E-state index is 11.8. The second-order valence-corrected chi connectivity index (χ2v) is 5.06. The van der Waals surface area contributed by atoms with Gasteiger partial charge < -0.3 is 15.4 Å². The second kappa shape index (κ2) is 7.05. The van der Waals surface area contributed by atoms with Crippen LogP contribution in [0.1, 0.15) is 30.1 Å². The van der Waals surface area contributed by atoms with E-state index < -0.39 is 0 Å². The van der Waals surface area contributed by atoms with Crippen molar-refractivity contribution in [3.8, 4) is 0 Å². The minimum Gasteiger partial charge on any atom is -0.381 e. The van der Waals surface area contributed by atoms with Crippen LogP contribution < -0.4 is 10.6 Å². The number of benzene rings is 1. The summed E-state index contributed by atoms with van der Waals surface area (Å²) in [6, 6.07) is 6.66. The lowest BCUT2D eigenvalue weighted by Crippen LogP contribution is -2.35. The molecule has 1 aromatic carbocycles. The molecule has 0 aromatic heterocycles. The number of hydrogen-bond acceptors (Lipinski definition) is 3. The minimum absolute atomic E-state index is 0.0200. The van der Waals surface area contributed by atoms with Gasteiger partial charge in [-0.3, -0.25) is 4.79 Å². The molecule has 2 N–H and O–H groups in total. The number of carbonyl (C=O) groups excluding carboxylic acids is 2. The van der Waals surface area contributed by atoms with E-state index in [0.29, 0.717) is 30.3 Å². The lowest BCUT2D eigenvalue weighted by atomic mass is 10.0. The first-order chi connectivity index (χ1) is 9.65. The topological polar surface area (TPSA) is 67.4 Å². The Kier molecular flexibility index (Phi) is 5.12. The number of rotatable bonds is 4. The Morgan fingerprint density at radius 2 is 2.25 bits per heavy atom. The highest BCUT2D eigenvalue weighted by molar-refractivity contribution is 5.96. The molecule has 2 rings (SSSR count). The van der Waals surface area contributed by atoms with E-state index in [1.807, 2.05) is 0 Å². The molecule has 5 nitrogen and oxygen atoms in total. The molecule has 2 amide bonds. The Balaban J connectivity index is 1.81. The smallest absolute Gasteiger partial charge is 0.319 e. The van der Waals surface area contributed by atoms with Gasteiger partial charge in [0.25, 0.3) is 0 Å². The molecule has 0 saturated carbocycles. The van der Waals surface area contributed by atoms with Crippen LogP contribution in [0.2, 0.25) is 0 Å². The van der Waals surface area contributed by atoms with Gasteiger partial charge in [0.05, 0.1) is 6.61 Å². The molecule has 20 heavy (non-hydrogen) atoms. The first-order valence-corrected chi connectivity index (χ1v) is 6.89. The molecule has 1 aliphatic heterocycles. The van der Waals surface area contributed by atoms with Crippen molar-refractivity contribution in [1.29, 1.82) is 0 Å². The van der Waals surface area contributed by atoms with Crippen molar-refractivity contribution < 1.29 is 14.3 Å². The Bertz CT molecular complexity index is 482. The predicted molar refractivity (Wildman–Crippen MR) is 77.0 cm³/mol. The Labute approximate surface area is 118 Å². The van der Waals surface area contributed by atoms with Gasteiger partial charge in [-0.2, -0.15) is 0 Å². The van der Waals surface area contributed by atoms with E-state index in [4.69, 9.17) is 4.74 Å². The fourth-order valence-corrected chi connectivity index (χ4v) is 2.20. The zero-order valence-corrected chi connectivity index (χ0v) is 11.6. The third kappa shape index (κ3) is 4.35. The van der Waals surface area contributed by atoms with Gasteiger partial charge >= 0.3 is 6.03 Å². The van der Waals surface area contributed by atoms with E-state index in [9.17, 15) is 9.59 Å². The molecule has 0 aliphatic carbocycles. The van der Waals surface area contributed by atoms with Crippen molar-refractivity contribution in [2.75, 3.05) is 25.1 Å². The molecule has 1 heterocycles. The van der Waals surface area contributed by atoms with Crippen LogP contribution in [0.25, 0.3) is 0 Å². The standard InChI is InChI=1S/C15H20N2O3/c1-11(18)13-5-2-6-14(8-13)17-15(19)16-9-12-4-3-7-20-10-12/h2,5-6,8,12H,3-4,7,9-10H2,1H3,(H2,16,17,19). The molecule has 1 fully saturated rings. The van der Waals surface area contributed by atoms with Gasteiger partial charge in [-0.25, -0.2) is 4.79 Å². The third-order valence-corrected chi connectivity index (χ3v) is 3.33. The average Bonchev–Trinajstić information content (AvgIpc) is 2.46. The van der Waals surface area contributed by atoms with E-state index in [-0.39, 0.29) is 11.8 Å². The molecule has 0 radical (unpaired) electrons. The Hall–Kier alpha value is -1.88. The zero-order valence-electron chi connectivity index (χ0n) is 11.6. The number of urea groups is 1. The molecular formula is C15H20N2O3. The van der Waals surface area contributed by atoms with Gasteiger partial charge in [0, 0.05) is 24.4 Å². The molecule has 108 valence electrons. The summed E-state index contributed by atoms with van der Waals surface area (Å²) in [5.41, 5.74) is 1.21. The minimum atomic E-state index is -0.253. The van der Waals surface area contributed by atoms with E-state index in [1.54, 1.807) is 24.3 Å². The van der Waals surface area contributed by atoms with Crippen LogP contribution in [-0.2, 0) is 4.74 Å². The van der Waals surface area contributed by atoms with Crippen LogP contribution in [0.3, 0.4) is 0 Å². The second-order valence-electron chi connectivity index (χ2n) is 5.06. The zero-order chi connectivity index (χ0) is 14.4. The molecule has 1 aromatic rings. The monoisotopic (exact) mass is 276 g/mol. The molecular weight excluding hydrogens is 256 g/mol. The van der Waals surface area contributed by atoms with Crippen LogP contribution in [-0.4, -0.2) is 31.6 Å². The first kappa shape index (κ1) is 14.5. The third-order valence-electron chi connectivity index (χ3n) is 3.33. The summed E-state index contributed by atoms with van der Waals surface area (Å²) in [5, 5.41) is 5.57. The number of nitrogens with one attached hydrogen (secondary N) is 2. The molecule has 1 unspecified atom stereocenters. The summed E-state index contributed by atoms with van der Waals surface area (Å²) in [5.74, 6) is 0.367. The number of hydrogen-bond donors (Lipinski definition) is 2. The lowest BCUT2D eigenvalue weighted by molar-refractivity contribution is 0.0559. The van der Waals surface area contributed by atoms with Crippen molar-refractivity contribution in [3.63, 3.8) is 0 Å². The maximum absolute atomic E-state index is 11.8. The van der Waals surface area contributed by atoms with Crippen LogP contribution in [0.4, 0.5) is 10.5 Å². The van der Waals surface area contributed by atoms with E-state index >= 15 is 0 Å². The number of amides is 2. The molecule has 0 bridgehead atoms. The lowest BCUT2D eigenvalue weighted by Gasteiger charge is -2.22. The van der Waals surface area contributed by atoms with Crippen LogP contribution in [0.15, 0.2) is 24.3 Å². The summed E-state index contributed by atoms with van der Waals surface area (Å²) >= 11 is 0. The number of ketones is 1. The largest absolute Gasteiger partial charge is 0.381 e. The first-order valence-electron chi connectivity index (χ1n) is 6.89. The van der Waals surface area contributed by atoms with Crippen molar-refractivity contribution >= 4 is 17.5 Å². The number of anilines is 1.